The fourth-order valence-electron chi connectivity index (χ4n) is 1.78. The quantitative estimate of drug-likeness (QED) is 0.499. The number of esters is 1. The van der Waals surface area contributed by atoms with Crippen LogP contribution in [0.2, 0.25) is 10.0 Å². The van der Waals surface area contributed by atoms with Crippen LogP contribution in [0.25, 0.3) is 6.08 Å². The Balaban J connectivity index is 2.07. The third-order valence-corrected chi connectivity index (χ3v) is 3.28. The number of nitrogens with one attached hydrogen (secondary N) is 1. The SMILES string of the molecule is CC(=O)Oc1cc(/C=C/C(=O)Nc2cccc(Cl)c2)ccc1Cl. The van der Waals surface area contributed by atoms with E-state index >= 15 is 0 Å². The minimum absolute atomic E-state index is 0.247. The third kappa shape index (κ3) is 5.43. The maximum Gasteiger partial charge on any atom is 0.308 e. The van der Waals surface area contributed by atoms with E-state index < -0.39 is 5.97 Å². The van der Waals surface area contributed by atoms with E-state index in [0.717, 1.165) is 0 Å². The molecule has 0 heterocycles. The Kier molecular flexibility index (Phi) is 5.79. The zero-order valence-electron chi connectivity index (χ0n) is 12.2. The summed E-state index contributed by atoms with van der Waals surface area (Å²) in [6.45, 7) is 1.29. The van der Waals surface area contributed by atoms with Crippen LogP contribution in [0, 0.1) is 0 Å². The second-order valence-electron chi connectivity index (χ2n) is 4.62. The Morgan fingerprint density at radius 1 is 1.13 bits per heavy atom. The normalized spacial score (nSPS) is 10.6. The zero-order chi connectivity index (χ0) is 16.8. The van der Waals surface area contributed by atoms with Crippen LogP contribution in [-0.2, 0) is 9.59 Å². The van der Waals surface area contributed by atoms with Gasteiger partial charge in [0.25, 0.3) is 0 Å². The molecule has 0 saturated carbocycles. The van der Waals surface area contributed by atoms with Gasteiger partial charge in [0.2, 0.25) is 5.91 Å². The van der Waals surface area contributed by atoms with Gasteiger partial charge in [0.1, 0.15) is 5.75 Å². The summed E-state index contributed by atoms with van der Waals surface area (Å²) < 4.78 is 4.98. The average molecular weight is 350 g/mol. The van der Waals surface area contributed by atoms with Crippen LogP contribution < -0.4 is 10.1 Å². The molecule has 0 fully saturated rings. The highest BCUT2D eigenvalue weighted by Gasteiger charge is 2.05. The number of hydrogen-bond donors (Lipinski definition) is 1. The van der Waals surface area contributed by atoms with Crippen LogP contribution in [0.3, 0.4) is 0 Å². The van der Waals surface area contributed by atoms with Crippen LogP contribution in [0.15, 0.2) is 48.5 Å². The van der Waals surface area contributed by atoms with Gasteiger partial charge in [-0.25, -0.2) is 0 Å². The van der Waals surface area contributed by atoms with Gasteiger partial charge in [0.15, 0.2) is 0 Å². The average Bonchev–Trinajstić information content (AvgIpc) is 2.47. The van der Waals surface area contributed by atoms with Gasteiger partial charge in [-0.05, 0) is 42.0 Å². The molecule has 6 heteroatoms. The van der Waals surface area contributed by atoms with Crippen molar-refractivity contribution in [3.8, 4) is 5.75 Å². The fraction of sp³-hybridized carbons (Fsp3) is 0.0588. The largest absolute Gasteiger partial charge is 0.425 e. The van der Waals surface area contributed by atoms with Crippen LogP contribution >= 0.6 is 23.2 Å². The van der Waals surface area contributed by atoms with E-state index in [2.05, 4.69) is 5.32 Å². The summed E-state index contributed by atoms with van der Waals surface area (Å²) in [4.78, 5) is 22.9. The molecule has 0 aliphatic heterocycles. The maximum atomic E-state index is 11.9. The van der Waals surface area contributed by atoms with Gasteiger partial charge in [0.05, 0.1) is 5.02 Å². The zero-order valence-corrected chi connectivity index (χ0v) is 13.7. The van der Waals surface area contributed by atoms with Gasteiger partial charge in [-0.15, -0.1) is 0 Å². The molecule has 23 heavy (non-hydrogen) atoms. The first-order valence-corrected chi connectivity index (χ1v) is 7.42. The monoisotopic (exact) mass is 349 g/mol. The van der Waals surface area contributed by atoms with Crippen molar-refractivity contribution in [2.24, 2.45) is 0 Å². The van der Waals surface area contributed by atoms with E-state index in [0.29, 0.717) is 21.3 Å². The Morgan fingerprint density at radius 2 is 1.91 bits per heavy atom. The Labute approximate surface area is 143 Å². The molecule has 0 aliphatic rings. The topological polar surface area (TPSA) is 55.4 Å². The fourth-order valence-corrected chi connectivity index (χ4v) is 2.13. The molecule has 0 spiro atoms. The van der Waals surface area contributed by atoms with E-state index in [4.69, 9.17) is 27.9 Å². The maximum absolute atomic E-state index is 11.9. The molecular weight excluding hydrogens is 337 g/mol. The minimum atomic E-state index is -0.466. The number of carbonyl (C=O) groups is 2. The standard InChI is InChI=1S/C17H13Cl2NO3/c1-11(21)23-16-9-12(5-7-15(16)19)6-8-17(22)20-14-4-2-3-13(18)10-14/h2-10H,1H3,(H,20,22)/b8-6+. The Bertz CT molecular complexity index is 772. The van der Waals surface area contributed by atoms with Gasteiger partial charge in [-0.2, -0.15) is 0 Å². The summed E-state index contributed by atoms with van der Waals surface area (Å²) in [7, 11) is 0. The summed E-state index contributed by atoms with van der Waals surface area (Å²) in [5.41, 5.74) is 1.27. The first-order valence-electron chi connectivity index (χ1n) is 6.66. The number of halogens is 2. The lowest BCUT2D eigenvalue weighted by Crippen LogP contribution is -2.07. The molecule has 0 unspecified atom stereocenters. The van der Waals surface area contributed by atoms with Crippen LogP contribution in [0.4, 0.5) is 5.69 Å². The molecule has 1 N–H and O–H groups in total. The molecule has 0 aliphatic carbocycles. The Morgan fingerprint density at radius 3 is 2.61 bits per heavy atom. The number of ether oxygens (including phenoxy) is 1. The van der Waals surface area contributed by atoms with E-state index in [9.17, 15) is 9.59 Å². The van der Waals surface area contributed by atoms with Crippen molar-refractivity contribution < 1.29 is 14.3 Å². The molecule has 1 amide bonds. The van der Waals surface area contributed by atoms with Crippen LogP contribution in [-0.4, -0.2) is 11.9 Å². The van der Waals surface area contributed by atoms with Crippen molar-refractivity contribution in [3.63, 3.8) is 0 Å². The van der Waals surface area contributed by atoms with Crippen LogP contribution in [0.1, 0.15) is 12.5 Å². The molecule has 0 saturated heterocycles. The number of anilines is 1. The first kappa shape index (κ1) is 17.1. The third-order valence-electron chi connectivity index (χ3n) is 2.73. The van der Waals surface area contributed by atoms with Gasteiger partial charge >= 0.3 is 5.97 Å². The highest BCUT2D eigenvalue weighted by molar-refractivity contribution is 6.32. The number of hydrogen-bond acceptors (Lipinski definition) is 3. The second kappa shape index (κ2) is 7.81. The van der Waals surface area contributed by atoms with Crippen molar-refractivity contribution in [2.75, 3.05) is 5.32 Å². The molecule has 4 nitrogen and oxygen atoms in total. The molecule has 2 rings (SSSR count). The van der Waals surface area contributed by atoms with E-state index in [1.165, 1.54) is 13.0 Å². The Hall–Kier alpha value is -2.30. The van der Waals surface area contributed by atoms with E-state index in [-0.39, 0.29) is 11.7 Å². The number of amides is 1. The molecule has 0 aromatic heterocycles. The molecule has 0 atom stereocenters. The first-order chi connectivity index (χ1) is 10.9. The highest BCUT2D eigenvalue weighted by atomic mass is 35.5. The lowest BCUT2D eigenvalue weighted by atomic mass is 10.2. The summed E-state index contributed by atoms with van der Waals surface area (Å²) in [5, 5.41) is 3.55. The lowest BCUT2D eigenvalue weighted by molar-refractivity contribution is -0.131. The van der Waals surface area contributed by atoms with Crippen molar-refractivity contribution in [3.05, 3.63) is 64.1 Å². The molecule has 2 aromatic rings. The lowest BCUT2D eigenvalue weighted by Gasteiger charge is -2.05. The van der Waals surface area contributed by atoms with Gasteiger partial charge in [-0.1, -0.05) is 35.3 Å². The molecule has 2 aromatic carbocycles. The van der Waals surface area contributed by atoms with Crippen molar-refractivity contribution in [1.29, 1.82) is 0 Å². The molecule has 118 valence electrons. The minimum Gasteiger partial charge on any atom is -0.425 e. The molecule has 0 radical (unpaired) electrons. The molecule has 0 bridgehead atoms. The van der Waals surface area contributed by atoms with E-state index in [1.54, 1.807) is 48.5 Å². The number of carbonyl (C=O) groups excluding carboxylic acids is 2. The second-order valence-corrected chi connectivity index (χ2v) is 5.46. The number of benzene rings is 2. The van der Waals surface area contributed by atoms with Crippen molar-refractivity contribution in [1.82, 2.24) is 0 Å². The summed E-state index contributed by atoms with van der Waals surface area (Å²) in [6, 6.07) is 11.7. The predicted octanol–water partition coefficient (Wildman–Crippen LogP) is 4.57. The van der Waals surface area contributed by atoms with E-state index in [1.807, 2.05) is 0 Å². The van der Waals surface area contributed by atoms with Gasteiger partial charge in [-0.3, -0.25) is 9.59 Å². The van der Waals surface area contributed by atoms with Gasteiger partial charge in [0, 0.05) is 23.7 Å². The smallest absolute Gasteiger partial charge is 0.308 e. The van der Waals surface area contributed by atoms with Gasteiger partial charge < -0.3 is 10.1 Å². The molecular formula is C17H13Cl2NO3. The summed E-state index contributed by atoms with van der Waals surface area (Å²) in [5.74, 6) is -0.528. The van der Waals surface area contributed by atoms with Crippen molar-refractivity contribution >= 4 is 46.8 Å². The number of rotatable bonds is 4. The van der Waals surface area contributed by atoms with Crippen molar-refractivity contribution in [2.45, 2.75) is 6.92 Å². The predicted molar refractivity (Wildman–Crippen MR) is 91.9 cm³/mol. The summed E-state index contributed by atoms with van der Waals surface area (Å²) >= 11 is 11.8. The highest BCUT2D eigenvalue weighted by Crippen LogP contribution is 2.26. The van der Waals surface area contributed by atoms with Crippen LogP contribution in [0.5, 0.6) is 5.75 Å². The summed E-state index contributed by atoms with van der Waals surface area (Å²) in [6.07, 6.45) is 2.95.